The maximum Gasteiger partial charge on any atom is 0.318 e. The van der Waals surface area contributed by atoms with Crippen molar-refractivity contribution in [2.24, 2.45) is 5.73 Å². The minimum atomic E-state index is -0.960. The fraction of sp³-hybridized carbons (Fsp3) is 0.333. The van der Waals surface area contributed by atoms with Crippen LogP contribution in [0.5, 0.6) is 0 Å². The van der Waals surface area contributed by atoms with E-state index in [1.165, 1.54) is 11.0 Å². The molecule has 1 aromatic carbocycles. The molecule has 104 valence electrons. The van der Waals surface area contributed by atoms with Crippen LogP contribution in [-0.2, 0) is 11.3 Å². The molecule has 0 saturated carbocycles. The van der Waals surface area contributed by atoms with E-state index in [0.717, 1.165) is 12.1 Å². The first kappa shape index (κ1) is 15.0. The largest absolute Gasteiger partial charge is 0.351 e. The average Bonchev–Trinajstić information content (AvgIpc) is 2.31. The fourth-order valence-corrected chi connectivity index (χ4v) is 1.57. The lowest BCUT2D eigenvalue weighted by Gasteiger charge is -2.20. The van der Waals surface area contributed by atoms with E-state index in [4.69, 9.17) is 5.73 Å². The highest BCUT2D eigenvalue weighted by molar-refractivity contribution is 5.94. The zero-order valence-corrected chi connectivity index (χ0v) is 10.5. The first-order valence-corrected chi connectivity index (χ1v) is 5.68. The van der Waals surface area contributed by atoms with Crippen LogP contribution in [0, 0.1) is 11.6 Å². The van der Waals surface area contributed by atoms with Crippen LogP contribution in [0.3, 0.4) is 0 Å². The summed E-state index contributed by atoms with van der Waals surface area (Å²) in [7, 11) is 0. The monoisotopic (exact) mass is 271 g/mol. The molecule has 0 bridgehead atoms. The van der Waals surface area contributed by atoms with E-state index in [2.05, 4.69) is 0 Å². The van der Waals surface area contributed by atoms with Gasteiger partial charge in [0.05, 0.1) is 6.54 Å². The summed E-state index contributed by atoms with van der Waals surface area (Å²) in [5, 5.41) is 1.89. The predicted molar refractivity (Wildman–Crippen MR) is 65.0 cm³/mol. The number of rotatable bonds is 5. The first-order valence-electron chi connectivity index (χ1n) is 5.68. The van der Waals surface area contributed by atoms with E-state index in [1.807, 2.05) is 5.32 Å². The van der Waals surface area contributed by atoms with Gasteiger partial charge in [0.2, 0.25) is 5.91 Å². The van der Waals surface area contributed by atoms with Gasteiger partial charge in [-0.3, -0.25) is 15.0 Å². The van der Waals surface area contributed by atoms with Gasteiger partial charge in [0, 0.05) is 12.1 Å². The molecular weight excluding hydrogens is 256 g/mol. The molecule has 0 aromatic heterocycles. The molecule has 0 saturated heterocycles. The third kappa shape index (κ3) is 4.63. The topological polar surface area (TPSA) is 75.4 Å². The molecule has 0 aliphatic carbocycles. The Hall–Kier alpha value is -2.02. The van der Waals surface area contributed by atoms with Crippen molar-refractivity contribution in [3.63, 3.8) is 0 Å². The molecule has 0 aliphatic rings. The number of carbonyl (C=O) groups is 2. The second-order valence-corrected chi connectivity index (χ2v) is 3.92. The van der Waals surface area contributed by atoms with Gasteiger partial charge in [-0.1, -0.05) is 13.0 Å². The van der Waals surface area contributed by atoms with E-state index in [0.29, 0.717) is 6.54 Å². The molecule has 3 N–H and O–H groups in total. The van der Waals surface area contributed by atoms with Crippen LogP contribution < -0.4 is 11.1 Å². The van der Waals surface area contributed by atoms with Crippen molar-refractivity contribution in [1.82, 2.24) is 10.2 Å². The smallest absolute Gasteiger partial charge is 0.318 e. The SMILES string of the molecule is CCN(CC(=O)NC(N)=O)Cc1c(F)cccc1F. The maximum atomic E-state index is 13.5. The van der Waals surface area contributed by atoms with Crippen LogP contribution in [0.4, 0.5) is 13.6 Å². The number of nitrogens with zero attached hydrogens (tertiary/aromatic N) is 1. The summed E-state index contributed by atoms with van der Waals surface area (Å²) >= 11 is 0. The number of carbonyl (C=O) groups excluding carboxylic acids is 2. The van der Waals surface area contributed by atoms with Crippen molar-refractivity contribution in [2.75, 3.05) is 13.1 Å². The number of likely N-dealkylation sites (N-methyl/N-ethyl adjacent to an activating group) is 1. The maximum absolute atomic E-state index is 13.5. The van der Waals surface area contributed by atoms with Crippen LogP contribution in [-0.4, -0.2) is 29.9 Å². The number of imide groups is 1. The van der Waals surface area contributed by atoms with E-state index >= 15 is 0 Å². The van der Waals surface area contributed by atoms with Crippen LogP contribution in [0.15, 0.2) is 18.2 Å². The summed E-state index contributed by atoms with van der Waals surface area (Å²) < 4.78 is 26.9. The van der Waals surface area contributed by atoms with Crippen LogP contribution in [0.25, 0.3) is 0 Å². The van der Waals surface area contributed by atoms with E-state index in [-0.39, 0.29) is 18.7 Å². The van der Waals surface area contributed by atoms with Gasteiger partial charge in [0.15, 0.2) is 0 Å². The minimum Gasteiger partial charge on any atom is -0.351 e. The minimum absolute atomic E-state index is 0.0683. The van der Waals surface area contributed by atoms with Gasteiger partial charge in [-0.05, 0) is 18.7 Å². The fourth-order valence-electron chi connectivity index (χ4n) is 1.57. The van der Waals surface area contributed by atoms with Gasteiger partial charge in [-0.15, -0.1) is 0 Å². The number of amides is 3. The molecule has 0 atom stereocenters. The standard InChI is InChI=1S/C12H15F2N3O2/c1-2-17(7-11(18)16-12(15)19)6-8-9(13)4-3-5-10(8)14/h3-5H,2,6-7H2,1H3,(H3,15,16,18,19). The lowest BCUT2D eigenvalue weighted by atomic mass is 10.2. The number of hydrogen-bond acceptors (Lipinski definition) is 3. The summed E-state index contributed by atoms with van der Waals surface area (Å²) in [4.78, 5) is 23.3. The van der Waals surface area contributed by atoms with Gasteiger partial charge in [-0.25, -0.2) is 13.6 Å². The van der Waals surface area contributed by atoms with E-state index < -0.39 is 23.6 Å². The Morgan fingerprint density at radius 2 is 1.89 bits per heavy atom. The highest BCUT2D eigenvalue weighted by atomic mass is 19.1. The Balaban J connectivity index is 2.72. The second kappa shape index (κ2) is 6.79. The molecule has 0 aliphatic heterocycles. The van der Waals surface area contributed by atoms with Gasteiger partial charge in [-0.2, -0.15) is 0 Å². The van der Waals surface area contributed by atoms with Gasteiger partial charge in [0.1, 0.15) is 11.6 Å². The van der Waals surface area contributed by atoms with Crippen molar-refractivity contribution >= 4 is 11.9 Å². The van der Waals surface area contributed by atoms with Crippen LogP contribution >= 0.6 is 0 Å². The molecule has 0 heterocycles. The third-order valence-corrected chi connectivity index (χ3v) is 2.52. The molecule has 0 radical (unpaired) electrons. The Morgan fingerprint density at radius 3 is 2.37 bits per heavy atom. The number of urea groups is 1. The number of hydrogen-bond donors (Lipinski definition) is 2. The normalized spacial score (nSPS) is 10.5. The summed E-state index contributed by atoms with van der Waals surface area (Å²) in [6, 6.07) is 2.61. The number of benzene rings is 1. The summed E-state index contributed by atoms with van der Waals surface area (Å²) in [5.41, 5.74) is 4.69. The molecule has 0 spiro atoms. The number of nitrogens with one attached hydrogen (secondary N) is 1. The molecule has 7 heteroatoms. The lowest BCUT2D eigenvalue weighted by Crippen LogP contribution is -2.42. The summed E-state index contributed by atoms with van der Waals surface area (Å²) in [6.07, 6.45) is 0. The lowest BCUT2D eigenvalue weighted by molar-refractivity contribution is -0.121. The highest BCUT2D eigenvalue weighted by Gasteiger charge is 2.15. The highest BCUT2D eigenvalue weighted by Crippen LogP contribution is 2.14. The second-order valence-electron chi connectivity index (χ2n) is 3.92. The Bertz CT molecular complexity index is 460. The first-order chi connectivity index (χ1) is 8.93. The van der Waals surface area contributed by atoms with Crippen molar-refractivity contribution in [3.8, 4) is 0 Å². The van der Waals surface area contributed by atoms with Crippen molar-refractivity contribution < 1.29 is 18.4 Å². The van der Waals surface area contributed by atoms with E-state index in [9.17, 15) is 18.4 Å². The molecule has 1 rings (SSSR count). The van der Waals surface area contributed by atoms with Gasteiger partial charge in [0.25, 0.3) is 0 Å². The van der Waals surface area contributed by atoms with Crippen molar-refractivity contribution in [2.45, 2.75) is 13.5 Å². The Kier molecular flexibility index (Phi) is 5.37. The van der Waals surface area contributed by atoms with Crippen LogP contribution in [0.1, 0.15) is 12.5 Å². The number of halogens is 2. The Morgan fingerprint density at radius 1 is 1.32 bits per heavy atom. The van der Waals surface area contributed by atoms with Crippen LogP contribution in [0.2, 0.25) is 0 Å². The summed E-state index contributed by atoms with van der Waals surface area (Å²) in [6.45, 7) is 1.88. The zero-order chi connectivity index (χ0) is 14.4. The summed E-state index contributed by atoms with van der Waals surface area (Å²) in [5.74, 6) is -1.96. The van der Waals surface area contributed by atoms with E-state index in [1.54, 1.807) is 6.92 Å². The zero-order valence-electron chi connectivity index (χ0n) is 10.5. The molecule has 5 nitrogen and oxygen atoms in total. The predicted octanol–water partition coefficient (Wildman–Crippen LogP) is 0.982. The Labute approximate surface area is 109 Å². The third-order valence-electron chi connectivity index (χ3n) is 2.52. The molecule has 0 fully saturated rings. The number of primary amides is 1. The molecular formula is C12H15F2N3O2. The number of nitrogens with two attached hydrogens (primary N) is 1. The average molecular weight is 271 g/mol. The van der Waals surface area contributed by atoms with Crippen molar-refractivity contribution in [3.05, 3.63) is 35.4 Å². The quantitative estimate of drug-likeness (QED) is 0.838. The van der Waals surface area contributed by atoms with Crippen molar-refractivity contribution in [1.29, 1.82) is 0 Å². The molecule has 19 heavy (non-hydrogen) atoms. The van der Waals surface area contributed by atoms with Gasteiger partial charge >= 0.3 is 6.03 Å². The molecule has 3 amide bonds. The molecule has 0 unspecified atom stereocenters. The molecule has 1 aromatic rings. The van der Waals surface area contributed by atoms with Gasteiger partial charge < -0.3 is 5.73 Å².